The molecule has 0 amide bonds. The number of alkyl halides is 1. The van der Waals surface area contributed by atoms with Crippen LogP contribution in [0.15, 0.2) is 17.1 Å². The van der Waals surface area contributed by atoms with Gasteiger partial charge in [0, 0.05) is 5.56 Å². The molecule has 1 heterocycles. The zero-order valence-electron chi connectivity index (χ0n) is 9.40. The molecular formula is C12H12FNO3. The fourth-order valence-electron chi connectivity index (χ4n) is 1.71. The molecule has 1 atom stereocenters. The summed E-state index contributed by atoms with van der Waals surface area (Å²) in [6.07, 6.45) is 0.350. The molecule has 1 aliphatic heterocycles. The van der Waals surface area contributed by atoms with Crippen LogP contribution in [0.3, 0.4) is 0 Å². The number of halogens is 1. The van der Waals surface area contributed by atoms with Crippen LogP contribution < -0.4 is 9.47 Å². The van der Waals surface area contributed by atoms with Gasteiger partial charge in [-0.2, -0.15) is 0 Å². The summed E-state index contributed by atoms with van der Waals surface area (Å²) in [5, 5.41) is 0. The quantitative estimate of drug-likeness (QED) is 0.598. The van der Waals surface area contributed by atoms with Crippen LogP contribution in [-0.4, -0.2) is 19.3 Å². The van der Waals surface area contributed by atoms with Gasteiger partial charge in [0.2, 0.25) is 6.08 Å². The van der Waals surface area contributed by atoms with Crippen molar-refractivity contribution in [1.82, 2.24) is 0 Å². The highest BCUT2D eigenvalue weighted by Crippen LogP contribution is 2.37. The van der Waals surface area contributed by atoms with Gasteiger partial charge in [-0.25, -0.2) is 14.2 Å². The standard InChI is InChI=1S/C12H12FNO3/c1-8(13)9-4-10(6-14-7-15)12-11(5-9)16-2-3-17-12/h4-5,8H,2-3,6H2,1H3. The third-order valence-corrected chi connectivity index (χ3v) is 2.51. The van der Waals surface area contributed by atoms with Gasteiger partial charge in [-0.15, -0.1) is 0 Å². The topological polar surface area (TPSA) is 47.9 Å². The van der Waals surface area contributed by atoms with Crippen molar-refractivity contribution in [1.29, 1.82) is 0 Å². The summed E-state index contributed by atoms with van der Waals surface area (Å²) in [4.78, 5) is 13.6. The molecule has 0 N–H and O–H groups in total. The monoisotopic (exact) mass is 237 g/mol. The van der Waals surface area contributed by atoms with E-state index in [0.29, 0.717) is 35.8 Å². The Morgan fingerprint density at radius 3 is 2.94 bits per heavy atom. The van der Waals surface area contributed by atoms with Gasteiger partial charge in [-0.1, -0.05) is 0 Å². The summed E-state index contributed by atoms with van der Waals surface area (Å²) in [5.74, 6) is 1.05. The number of carbonyl (C=O) groups excluding carboxylic acids is 1. The van der Waals surface area contributed by atoms with Gasteiger partial charge in [0.25, 0.3) is 0 Å². The maximum atomic E-state index is 13.3. The van der Waals surface area contributed by atoms with E-state index in [9.17, 15) is 9.18 Å². The lowest BCUT2D eigenvalue weighted by molar-refractivity contribution is 0.169. The molecule has 2 rings (SSSR count). The summed E-state index contributed by atoms with van der Waals surface area (Å²) >= 11 is 0. The summed E-state index contributed by atoms with van der Waals surface area (Å²) in [7, 11) is 0. The second-order valence-corrected chi connectivity index (χ2v) is 3.73. The number of benzene rings is 1. The predicted molar refractivity (Wildman–Crippen MR) is 58.8 cm³/mol. The molecule has 0 bridgehead atoms. The molecule has 0 fully saturated rings. The van der Waals surface area contributed by atoms with Crippen LogP contribution >= 0.6 is 0 Å². The molecule has 0 saturated carbocycles. The van der Waals surface area contributed by atoms with Gasteiger partial charge in [0.1, 0.15) is 19.4 Å². The van der Waals surface area contributed by atoms with E-state index in [1.807, 2.05) is 0 Å². The number of aliphatic imine (C=N–C) groups is 1. The number of isocyanates is 1. The molecule has 1 aromatic rings. The number of nitrogens with zero attached hydrogens (tertiary/aromatic N) is 1. The molecule has 4 nitrogen and oxygen atoms in total. The molecule has 0 radical (unpaired) electrons. The maximum absolute atomic E-state index is 13.3. The van der Waals surface area contributed by atoms with Crippen LogP contribution in [0.25, 0.3) is 0 Å². The van der Waals surface area contributed by atoms with E-state index in [4.69, 9.17) is 9.47 Å². The fourth-order valence-corrected chi connectivity index (χ4v) is 1.71. The number of fused-ring (bicyclic) bond motifs is 1. The van der Waals surface area contributed by atoms with E-state index in [0.717, 1.165) is 0 Å². The van der Waals surface area contributed by atoms with Crippen molar-refractivity contribution in [2.75, 3.05) is 13.2 Å². The van der Waals surface area contributed by atoms with Gasteiger partial charge in [-0.05, 0) is 24.6 Å². The Morgan fingerprint density at radius 2 is 2.24 bits per heavy atom. The fraction of sp³-hybridized carbons (Fsp3) is 0.417. The smallest absolute Gasteiger partial charge is 0.235 e. The number of hydrogen-bond donors (Lipinski definition) is 0. The van der Waals surface area contributed by atoms with E-state index in [2.05, 4.69) is 4.99 Å². The first-order valence-electron chi connectivity index (χ1n) is 5.32. The van der Waals surface area contributed by atoms with Crippen molar-refractivity contribution in [2.24, 2.45) is 4.99 Å². The molecule has 1 unspecified atom stereocenters. The van der Waals surface area contributed by atoms with Crippen LogP contribution in [0, 0.1) is 0 Å². The maximum Gasteiger partial charge on any atom is 0.235 e. The van der Waals surface area contributed by atoms with Crippen LogP contribution in [0.2, 0.25) is 0 Å². The second kappa shape index (κ2) is 4.97. The molecule has 5 heteroatoms. The van der Waals surface area contributed by atoms with Crippen molar-refractivity contribution >= 4 is 6.08 Å². The third kappa shape index (κ3) is 2.45. The summed E-state index contributed by atoms with van der Waals surface area (Å²) < 4.78 is 24.2. The molecule has 0 aromatic heterocycles. The van der Waals surface area contributed by atoms with Crippen molar-refractivity contribution < 1.29 is 18.7 Å². The normalized spacial score (nSPS) is 14.9. The summed E-state index contributed by atoms with van der Waals surface area (Å²) in [6.45, 7) is 2.44. The van der Waals surface area contributed by atoms with E-state index < -0.39 is 6.17 Å². The lowest BCUT2D eigenvalue weighted by Gasteiger charge is -2.22. The Kier molecular flexibility index (Phi) is 3.40. The second-order valence-electron chi connectivity index (χ2n) is 3.73. The van der Waals surface area contributed by atoms with Crippen molar-refractivity contribution in [3.63, 3.8) is 0 Å². The summed E-state index contributed by atoms with van der Waals surface area (Å²) in [5.41, 5.74) is 1.13. The van der Waals surface area contributed by atoms with E-state index >= 15 is 0 Å². The molecule has 1 aromatic carbocycles. The largest absolute Gasteiger partial charge is 0.486 e. The average Bonchev–Trinajstić information content (AvgIpc) is 2.35. The third-order valence-electron chi connectivity index (χ3n) is 2.51. The predicted octanol–water partition coefficient (Wildman–Crippen LogP) is 2.32. The van der Waals surface area contributed by atoms with Gasteiger partial charge < -0.3 is 9.47 Å². The van der Waals surface area contributed by atoms with Gasteiger partial charge in [-0.3, -0.25) is 0 Å². The highest BCUT2D eigenvalue weighted by atomic mass is 19.1. The summed E-state index contributed by atoms with van der Waals surface area (Å²) in [6, 6.07) is 3.26. The van der Waals surface area contributed by atoms with Crippen LogP contribution in [-0.2, 0) is 11.3 Å². The lowest BCUT2D eigenvalue weighted by atomic mass is 10.1. The van der Waals surface area contributed by atoms with E-state index in [1.165, 1.54) is 13.0 Å². The number of rotatable bonds is 3. The van der Waals surface area contributed by atoms with E-state index in [-0.39, 0.29) is 6.54 Å². The minimum Gasteiger partial charge on any atom is -0.486 e. The highest BCUT2D eigenvalue weighted by molar-refractivity contribution is 5.51. The molecule has 0 saturated heterocycles. The first-order chi connectivity index (χ1) is 8.22. The van der Waals surface area contributed by atoms with Crippen molar-refractivity contribution in [3.05, 3.63) is 23.3 Å². The molecule has 1 aliphatic rings. The van der Waals surface area contributed by atoms with Crippen LogP contribution in [0.1, 0.15) is 24.2 Å². The molecule has 0 aliphatic carbocycles. The number of hydrogen-bond acceptors (Lipinski definition) is 4. The number of ether oxygens (including phenoxy) is 2. The van der Waals surface area contributed by atoms with E-state index in [1.54, 1.807) is 12.1 Å². The Labute approximate surface area is 98.1 Å². The van der Waals surface area contributed by atoms with Gasteiger partial charge in [0.15, 0.2) is 11.5 Å². The zero-order valence-corrected chi connectivity index (χ0v) is 9.40. The SMILES string of the molecule is CC(F)c1cc(CN=C=O)c2c(c1)OCCO2. The van der Waals surface area contributed by atoms with Crippen molar-refractivity contribution in [2.45, 2.75) is 19.6 Å². The first kappa shape index (κ1) is 11.6. The van der Waals surface area contributed by atoms with Gasteiger partial charge in [0.05, 0.1) is 6.54 Å². The van der Waals surface area contributed by atoms with Gasteiger partial charge >= 0.3 is 0 Å². The first-order valence-corrected chi connectivity index (χ1v) is 5.32. The molecule has 0 spiro atoms. The minimum absolute atomic E-state index is 0.121. The van der Waals surface area contributed by atoms with Crippen molar-refractivity contribution in [3.8, 4) is 11.5 Å². The Hall–Kier alpha value is -1.87. The molecular weight excluding hydrogens is 225 g/mol. The Bertz CT molecular complexity index is 467. The van der Waals surface area contributed by atoms with Crippen LogP contribution in [0.4, 0.5) is 4.39 Å². The zero-order chi connectivity index (χ0) is 12.3. The Balaban J connectivity index is 2.45. The Morgan fingerprint density at radius 1 is 1.47 bits per heavy atom. The lowest BCUT2D eigenvalue weighted by Crippen LogP contribution is -2.17. The minimum atomic E-state index is -1.11. The molecule has 90 valence electrons. The average molecular weight is 237 g/mol. The van der Waals surface area contributed by atoms with Crippen LogP contribution in [0.5, 0.6) is 11.5 Å². The molecule has 17 heavy (non-hydrogen) atoms. The highest BCUT2D eigenvalue weighted by Gasteiger charge is 2.19.